The van der Waals surface area contributed by atoms with Crippen molar-refractivity contribution in [3.05, 3.63) is 89.7 Å². The fourth-order valence-electron chi connectivity index (χ4n) is 2.45. The predicted octanol–water partition coefficient (Wildman–Crippen LogP) is 5.96. The Labute approximate surface area is 164 Å². The van der Waals surface area contributed by atoms with E-state index in [0.29, 0.717) is 23.3 Å². The van der Waals surface area contributed by atoms with Crippen LogP contribution >= 0.6 is 0 Å². The lowest BCUT2D eigenvalue weighted by Crippen LogP contribution is -2.28. The lowest BCUT2D eigenvalue weighted by atomic mass is 10.1. The molecule has 0 unspecified atom stereocenters. The third kappa shape index (κ3) is 5.71. The van der Waals surface area contributed by atoms with Gasteiger partial charge in [-0.25, -0.2) is 9.18 Å². The van der Waals surface area contributed by atoms with Crippen molar-refractivity contribution in [1.82, 2.24) is 5.32 Å². The first-order valence-corrected chi connectivity index (χ1v) is 8.55. The van der Waals surface area contributed by atoms with Crippen molar-refractivity contribution in [2.24, 2.45) is 0 Å². The van der Waals surface area contributed by atoms with Crippen molar-refractivity contribution in [2.45, 2.75) is 12.7 Å². The number of halogens is 4. The zero-order chi connectivity index (χ0) is 20.9. The van der Waals surface area contributed by atoms with Crippen molar-refractivity contribution in [3.63, 3.8) is 0 Å². The summed E-state index contributed by atoms with van der Waals surface area (Å²) in [7, 11) is 0. The highest BCUT2D eigenvalue weighted by Crippen LogP contribution is 2.30. The fourth-order valence-corrected chi connectivity index (χ4v) is 2.45. The molecule has 0 bridgehead atoms. The zero-order valence-electron chi connectivity index (χ0n) is 15.0. The van der Waals surface area contributed by atoms with Gasteiger partial charge in [0.05, 0.1) is 5.56 Å². The number of benzene rings is 3. The van der Waals surface area contributed by atoms with E-state index in [1.165, 1.54) is 0 Å². The Bertz CT molecular complexity index is 974. The van der Waals surface area contributed by atoms with Crippen LogP contribution in [0.3, 0.4) is 0 Å². The van der Waals surface area contributed by atoms with Gasteiger partial charge in [-0.2, -0.15) is 13.2 Å². The van der Waals surface area contributed by atoms with E-state index in [-0.39, 0.29) is 12.1 Å². The smallest absolute Gasteiger partial charge is 0.416 e. The van der Waals surface area contributed by atoms with Gasteiger partial charge in [0, 0.05) is 17.8 Å². The molecule has 2 amide bonds. The minimum atomic E-state index is -4.62. The van der Waals surface area contributed by atoms with Gasteiger partial charge in [0.1, 0.15) is 17.3 Å². The van der Waals surface area contributed by atoms with Gasteiger partial charge >= 0.3 is 12.2 Å². The van der Waals surface area contributed by atoms with Crippen molar-refractivity contribution in [2.75, 3.05) is 5.32 Å². The van der Waals surface area contributed by atoms with Crippen molar-refractivity contribution in [1.29, 1.82) is 0 Å². The maximum Gasteiger partial charge on any atom is 0.416 e. The van der Waals surface area contributed by atoms with E-state index in [0.717, 1.165) is 12.1 Å². The van der Waals surface area contributed by atoms with E-state index in [1.54, 1.807) is 36.4 Å². The number of hydrogen-bond acceptors (Lipinski definition) is 2. The molecular weight excluding hydrogens is 388 g/mol. The van der Waals surface area contributed by atoms with Crippen molar-refractivity contribution in [3.8, 4) is 11.5 Å². The molecule has 2 N–H and O–H groups in total. The molecule has 0 aliphatic carbocycles. The van der Waals surface area contributed by atoms with Crippen molar-refractivity contribution < 1.29 is 27.1 Å². The summed E-state index contributed by atoms with van der Waals surface area (Å²) in [5.74, 6) is 0.209. The molecule has 0 aliphatic heterocycles. The highest BCUT2D eigenvalue weighted by Gasteiger charge is 2.31. The molecule has 150 valence electrons. The molecule has 0 fully saturated rings. The molecule has 0 heterocycles. The number of rotatable bonds is 5. The van der Waals surface area contributed by atoms with Crippen LogP contribution in [-0.4, -0.2) is 6.03 Å². The quantitative estimate of drug-likeness (QED) is 0.516. The van der Waals surface area contributed by atoms with Gasteiger partial charge in [0.15, 0.2) is 0 Å². The van der Waals surface area contributed by atoms with Gasteiger partial charge < -0.3 is 15.4 Å². The summed E-state index contributed by atoms with van der Waals surface area (Å²) in [6.45, 7) is -0.259. The van der Waals surface area contributed by atoms with Crippen LogP contribution in [0.5, 0.6) is 11.5 Å². The standard InChI is InChI=1S/C21H16F4N2O2/c22-19-12-15(21(23,24)25)7-6-14(19)13-26-20(28)27-16-8-10-18(11-9-16)29-17-4-2-1-3-5-17/h1-12H,13H2,(H2,26,27,28). The number of urea groups is 1. The van der Waals surface area contributed by atoms with Gasteiger partial charge in [0.2, 0.25) is 0 Å². The monoisotopic (exact) mass is 404 g/mol. The Kier molecular flexibility index (Phi) is 6.01. The minimum Gasteiger partial charge on any atom is -0.457 e. The lowest BCUT2D eigenvalue weighted by molar-refractivity contribution is -0.137. The molecule has 0 aromatic heterocycles. The van der Waals surface area contributed by atoms with Gasteiger partial charge in [0.25, 0.3) is 0 Å². The third-order valence-corrected chi connectivity index (χ3v) is 3.91. The molecule has 0 atom stereocenters. The number of ether oxygens (including phenoxy) is 1. The zero-order valence-corrected chi connectivity index (χ0v) is 15.0. The van der Waals surface area contributed by atoms with Crippen LogP contribution in [0.25, 0.3) is 0 Å². The third-order valence-electron chi connectivity index (χ3n) is 3.91. The van der Waals surface area contributed by atoms with E-state index >= 15 is 0 Å². The Hall–Kier alpha value is -3.55. The Morgan fingerprint density at radius 1 is 0.897 bits per heavy atom. The van der Waals surface area contributed by atoms with Crippen LogP contribution in [0.2, 0.25) is 0 Å². The number of hydrogen-bond donors (Lipinski definition) is 2. The fraction of sp³-hybridized carbons (Fsp3) is 0.0952. The van der Waals surface area contributed by atoms with E-state index in [1.807, 2.05) is 18.2 Å². The summed E-state index contributed by atoms with van der Waals surface area (Å²) >= 11 is 0. The lowest BCUT2D eigenvalue weighted by Gasteiger charge is -2.11. The molecule has 3 aromatic rings. The highest BCUT2D eigenvalue weighted by molar-refractivity contribution is 5.89. The van der Waals surface area contributed by atoms with Crippen LogP contribution in [0.4, 0.5) is 28.0 Å². The van der Waals surface area contributed by atoms with Crippen LogP contribution in [0, 0.1) is 5.82 Å². The van der Waals surface area contributed by atoms with Crippen LogP contribution in [0.1, 0.15) is 11.1 Å². The number of carbonyl (C=O) groups excluding carboxylic acids is 1. The number of nitrogens with one attached hydrogen (secondary N) is 2. The summed E-state index contributed by atoms with van der Waals surface area (Å²) in [5.41, 5.74) is -0.670. The average molecular weight is 404 g/mol. The van der Waals surface area contributed by atoms with Gasteiger partial charge in [-0.3, -0.25) is 0 Å². The van der Waals surface area contributed by atoms with Crippen molar-refractivity contribution >= 4 is 11.7 Å². The largest absolute Gasteiger partial charge is 0.457 e. The second-order valence-corrected chi connectivity index (χ2v) is 6.05. The predicted molar refractivity (Wildman–Crippen MR) is 100 cm³/mol. The van der Waals surface area contributed by atoms with Gasteiger partial charge in [-0.15, -0.1) is 0 Å². The SMILES string of the molecule is O=C(NCc1ccc(C(F)(F)F)cc1F)Nc1ccc(Oc2ccccc2)cc1. The Morgan fingerprint density at radius 2 is 1.55 bits per heavy atom. The molecule has 0 saturated carbocycles. The molecule has 8 heteroatoms. The molecule has 3 aromatic carbocycles. The first-order valence-electron chi connectivity index (χ1n) is 8.55. The average Bonchev–Trinajstić information content (AvgIpc) is 2.68. The summed E-state index contributed by atoms with van der Waals surface area (Å²) in [6, 6.07) is 17.3. The number of anilines is 1. The number of alkyl halides is 3. The topological polar surface area (TPSA) is 50.4 Å². The Balaban J connectivity index is 1.53. The summed E-state index contributed by atoms with van der Waals surface area (Å²) in [5, 5.41) is 4.95. The van der Waals surface area contributed by atoms with Crippen LogP contribution in [-0.2, 0) is 12.7 Å². The molecule has 0 radical (unpaired) electrons. The second kappa shape index (κ2) is 8.64. The highest BCUT2D eigenvalue weighted by atomic mass is 19.4. The summed E-state index contributed by atoms with van der Waals surface area (Å²) < 4.78 is 57.1. The molecule has 0 spiro atoms. The van der Waals surface area contributed by atoms with E-state index in [2.05, 4.69) is 10.6 Å². The Morgan fingerprint density at radius 3 is 2.17 bits per heavy atom. The maximum atomic E-state index is 13.8. The molecule has 4 nitrogen and oxygen atoms in total. The number of para-hydroxylation sites is 1. The molecular formula is C21H16F4N2O2. The van der Waals surface area contributed by atoms with Crippen LogP contribution < -0.4 is 15.4 Å². The second-order valence-electron chi connectivity index (χ2n) is 6.05. The summed E-state index contributed by atoms with van der Waals surface area (Å²) in [4.78, 5) is 11.9. The number of carbonyl (C=O) groups is 1. The minimum absolute atomic E-state index is 0.0558. The summed E-state index contributed by atoms with van der Waals surface area (Å²) in [6.07, 6.45) is -4.62. The first kappa shape index (κ1) is 20.2. The number of amides is 2. The molecule has 29 heavy (non-hydrogen) atoms. The maximum absolute atomic E-state index is 13.8. The van der Waals surface area contributed by atoms with Gasteiger partial charge in [-0.05, 0) is 48.5 Å². The van der Waals surface area contributed by atoms with E-state index in [4.69, 9.17) is 4.74 Å². The normalized spacial score (nSPS) is 11.0. The molecule has 0 aliphatic rings. The first-order chi connectivity index (χ1) is 13.8. The van der Waals surface area contributed by atoms with Crippen LogP contribution in [0.15, 0.2) is 72.8 Å². The van der Waals surface area contributed by atoms with E-state index < -0.39 is 23.6 Å². The van der Waals surface area contributed by atoms with Gasteiger partial charge in [-0.1, -0.05) is 24.3 Å². The molecule has 3 rings (SSSR count). The molecule has 0 saturated heterocycles. The van der Waals surface area contributed by atoms with E-state index in [9.17, 15) is 22.4 Å².